The minimum absolute atomic E-state index is 0.322. The molecule has 0 aromatic rings. The molecular weight excluding hydrogens is 194 g/mol. The largest absolute Gasteiger partial charge is 0.394 e. The molecule has 0 unspecified atom stereocenters. The molecule has 1 aliphatic heterocycles. The lowest BCUT2D eigenvalue weighted by Gasteiger charge is -2.40. The summed E-state index contributed by atoms with van der Waals surface area (Å²) < 4.78 is 4.80. The van der Waals surface area contributed by atoms with Crippen LogP contribution in [0, 0.1) is 0 Å². The van der Waals surface area contributed by atoms with Crippen molar-refractivity contribution in [1.82, 2.24) is 0 Å². The Morgan fingerprint density at radius 1 is 1.57 bits per heavy atom. The van der Waals surface area contributed by atoms with Gasteiger partial charge in [-0.25, -0.2) is 0 Å². The molecule has 0 saturated carbocycles. The first kappa shape index (κ1) is 11.2. The van der Waals surface area contributed by atoms with Crippen molar-refractivity contribution >= 4 is 0 Å². The van der Waals surface area contributed by atoms with Crippen molar-refractivity contribution in [3.8, 4) is 0 Å². The Hall–Kier alpha value is -0.890. The predicted molar refractivity (Wildman–Crippen MR) is 42.9 cm³/mol. The van der Waals surface area contributed by atoms with E-state index in [9.17, 15) is 15.3 Å². The van der Waals surface area contributed by atoms with Gasteiger partial charge in [0.05, 0.1) is 13.2 Å². The van der Waals surface area contributed by atoms with Gasteiger partial charge in [-0.1, -0.05) is 5.11 Å². The highest BCUT2D eigenvalue weighted by molar-refractivity contribution is 4.98. The third kappa shape index (κ3) is 1.67. The number of aliphatic hydroxyl groups is 4. The minimum Gasteiger partial charge on any atom is -0.394 e. The van der Waals surface area contributed by atoms with E-state index in [0.717, 1.165) is 0 Å². The molecule has 1 rings (SSSR count). The second-order valence-electron chi connectivity index (χ2n) is 2.99. The number of hydrogen-bond acceptors (Lipinski definition) is 6. The molecule has 0 radical (unpaired) electrons. The Morgan fingerprint density at radius 2 is 2.21 bits per heavy atom. The van der Waals surface area contributed by atoms with Crippen LogP contribution in [-0.4, -0.2) is 57.7 Å². The van der Waals surface area contributed by atoms with Crippen LogP contribution in [0.25, 0.3) is 10.4 Å². The van der Waals surface area contributed by atoms with Crippen LogP contribution in [0.1, 0.15) is 0 Å². The van der Waals surface area contributed by atoms with Crippen molar-refractivity contribution in [2.75, 3.05) is 13.2 Å². The van der Waals surface area contributed by atoms with Crippen LogP contribution in [0.15, 0.2) is 5.11 Å². The minimum atomic E-state index is -2.35. The average Bonchev–Trinajstić information content (AvgIpc) is 2.16. The molecule has 14 heavy (non-hydrogen) atoms. The summed E-state index contributed by atoms with van der Waals surface area (Å²) >= 11 is 0. The molecular formula is C6H11N3O5. The maximum absolute atomic E-state index is 9.60. The highest BCUT2D eigenvalue weighted by atomic mass is 16.5. The molecule has 0 aromatic carbocycles. The summed E-state index contributed by atoms with van der Waals surface area (Å²) in [6.07, 6.45) is -4.25. The molecule has 80 valence electrons. The summed E-state index contributed by atoms with van der Waals surface area (Å²) in [5, 5.41) is 39.9. The second kappa shape index (κ2) is 4.09. The first-order valence-electron chi connectivity index (χ1n) is 3.93. The fourth-order valence-electron chi connectivity index (χ4n) is 1.25. The van der Waals surface area contributed by atoms with Crippen LogP contribution in [-0.2, 0) is 4.74 Å². The summed E-state index contributed by atoms with van der Waals surface area (Å²) in [6.45, 7) is -0.866. The lowest BCUT2D eigenvalue weighted by atomic mass is 9.94. The molecule has 1 saturated heterocycles. The molecule has 0 bridgehead atoms. The SMILES string of the molecule is [N-]=[N+]=N[C@@]1(O)[C@@H](O)CO[C@H](CO)[C@@H]1O. The number of aliphatic hydroxyl groups excluding tert-OH is 3. The van der Waals surface area contributed by atoms with E-state index in [1.165, 1.54) is 0 Å². The first-order valence-corrected chi connectivity index (χ1v) is 3.93. The van der Waals surface area contributed by atoms with E-state index >= 15 is 0 Å². The van der Waals surface area contributed by atoms with E-state index in [4.69, 9.17) is 15.4 Å². The van der Waals surface area contributed by atoms with Gasteiger partial charge in [0.2, 0.25) is 0 Å². The predicted octanol–water partition coefficient (Wildman–Crippen LogP) is -1.90. The molecule has 1 aliphatic rings. The van der Waals surface area contributed by atoms with Crippen LogP contribution in [0.2, 0.25) is 0 Å². The van der Waals surface area contributed by atoms with Gasteiger partial charge in [0.25, 0.3) is 0 Å². The first-order chi connectivity index (χ1) is 6.56. The maximum Gasteiger partial charge on any atom is 0.200 e. The third-order valence-corrected chi connectivity index (χ3v) is 2.13. The lowest BCUT2D eigenvalue weighted by molar-refractivity contribution is -0.244. The summed E-state index contributed by atoms with van der Waals surface area (Å²) in [6, 6.07) is 0. The topological polar surface area (TPSA) is 139 Å². The van der Waals surface area contributed by atoms with Crippen molar-refractivity contribution in [3.05, 3.63) is 10.4 Å². The van der Waals surface area contributed by atoms with Gasteiger partial charge in [0.15, 0.2) is 5.72 Å². The Labute approximate surface area is 79.0 Å². The zero-order valence-corrected chi connectivity index (χ0v) is 7.19. The molecule has 8 nitrogen and oxygen atoms in total. The zero-order valence-electron chi connectivity index (χ0n) is 7.19. The van der Waals surface area contributed by atoms with Gasteiger partial charge in [-0.2, -0.15) is 0 Å². The Bertz CT molecular complexity index is 256. The van der Waals surface area contributed by atoms with E-state index in [-0.39, 0.29) is 6.61 Å². The maximum atomic E-state index is 9.60. The molecule has 1 heterocycles. The van der Waals surface area contributed by atoms with Gasteiger partial charge in [-0.3, -0.25) is 0 Å². The smallest absolute Gasteiger partial charge is 0.200 e. The van der Waals surface area contributed by atoms with Gasteiger partial charge >= 0.3 is 0 Å². The molecule has 1 fully saturated rings. The van der Waals surface area contributed by atoms with E-state index < -0.39 is 30.6 Å². The summed E-state index contributed by atoms with van der Waals surface area (Å²) in [7, 11) is 0. The van der Waals surface area contributed by atoms with Crippen LogP contribution >= 0.6 is 0 Å². The van der Waals surface area contributed by atoms with Gasteiger partial charge in [0, 0.05) is 4.91 Å². The van der Waals surface area contributed by atoms with Crippen molar-refractivity contribution in [1.29, 1.82) is 0 Å². The van der Waals surface area contributed by atoms with E-state index in [1.807, 2.05) is 0 Å². The Kier molecular flexibility index (Phi) is 3.27. The van der Waals surface area contributed by atoms with Gasteiger partial charge in [-0.05, 0) is 5.53 Å². The molecule has 0 aromatic heterocycles. The summed E-state index contributed by atoms with van der Waals surface area (Å²) in [5.41, 5.74) is 5.80. The van der Waals surface area contributed by atoms with E-state index in [0.29, 0.717) is 0 Å². The summed E-state index contributed by atoms with van der Waals surface area (Å²) in [5.74, 6) is 0. The van der Waals surface area contributed by atoms with Gasteiger partial charge in [0.1, 0.15) is 18.3 Å². The third-order valence-electron chi connectivity index (χ3n) is 2.13. The second-order valence-corrected chi connectivity index (χ2v) is 2.99. The number of hydrogen-bond donors (Lipinski definition) is 4. The van der Waals surface area contributed by atoms with E-state index in [1.54, 1.807) is 0 Å². The van der Waals surface area contributed by atoms with Crippen molar-refractivity contribution in [3.63, 3.8) is 0 Å². The van der Waals surface area contributed by atoms with Crippen LogP contribution in [0.4, 0.5) is 0 Å². The molecule has 4 N–H and O–H groups in total. The van der Waals surface area contributed by atoms with Crippen LogP contribution in [0.5, 0.6) is 0 Å². The van der Waals surface area contributed by atoms with E-state index in [2.05, 4.69) is 10.0 Å². The number of rotatable bonds is 2. The molecule has 8 heteroatoms. The normalized spacial score (nSPS) is 43.0. The Balaban J connectivity index is 2.93. The average molecular weight is 205 g/mol. The Morgan fingerprint density at radius 3 is 2.71 bits per heavy atom. The lowest BCUT2D eigenvalue weighted by Crippen LogP contribution is -2.62. The fraction of sp³-hybridized carbons (Fsp3) is 1.00. The zero-order chi connectivity index (χ0) is 10.8. The van der Waals surface area contributed by atoms with Gasteiger partial charge in [-0.15, -0.1) is 0 Å². The number of ether oxygens (including phenoxy) is 1. The molecule has 0 aliphatic carbocycles. The van der Waals surface area contributed by atoms with Gasteiger partial charge < -0.3 is 25.2 Å². The number of azide groups is 1. The molecule has 0 spiro atoms. The van der Waals surface area contributed by atoms with Crippen molar-refractivity contribution in [2.45, 2.75) is 24.0 Å². The van der Waals surface area contributed by atoms with Crippen LogP contribution in [0.3, 0.4) is 0 Å². The van der Waals surface area contributed by atoms with Crippen LogP contribution < -0.4 is 0 Å². The quantitative estimate of drug-likeness (QED) is 0.237. The standard InChI is InChI=1S/C6H11N3O5/c7-9-8-6(13)4(11)2-14-3(1-10)5(6)12/h3-5,10-13H,1-2H2/t3-,4+,5+,6-/m1/s1. The van der Waals surface area contributed by atoms with Crippen molar-refractivity contribution < 1.29 is 25.2 Å². The highest BCUT2D eigenvalue weighted by Gasteiger charge is 2.50. The monoisotopic (exact) mass is 205 g/mol. The molecule has 4 atom stereocenters. The highest BCUT2D eigenvalue weighted by Crippen LogP contribution is 2.27. The molecule has 0 amide bonds. The summed E-state index contributed by atoms with van der Waals surface area (Å²) in [4.78, 5) is 2.32. The van der Waals surface area contributed by atoms with Crippen molar-refractivity contribution in [2.24, 2.45) is 5.11 Å². The number of nitrogens with zero attached hydrogens (tertiary/aromatic N) is 3. The fourth-order valence-corrected chi connectivity index (χ4v) is 1.25.